The van der Waals surface area contributed by atoms with Crippen LogP contribution in [0.1, 0.15) is 0 Å². The van der Waals surface area contributed by atoms with Crippen molar-refractivity contribution in [2.45, 2.75) is 0 Å². The molecule has 0 spiro atoms. The molecule has 0 N–H and O–H groups in total. The first-order valence-corrected chi connectivity index (χ1v) is 0. The number of hydrogen-bond donors (Lipinski definition) is 0. The van der Waals surface area contributed by atoms with E-state index in [2.05, 4.69) is 0 Å². The van der Waals surface area contributed by atoms with Crippen LogP contribution in [0, 0.1) is 0 Å². The first-order chi connectivity index (χ1) is 0. The van der Waals surface area contributed by atoms with Gasteiger partial charge in [-0.1, -0.05) is 0 Å². The van der Waals surface area contributed by atoms with Gasteiger partial charge in [0.2, 0.25) is 0 Å². The van der Waals surface area contributed by atoms with Crippen molar-refractivity contribution in [3.05, 3.63) is 0 Å². The van der Waals surface area contributed by atoms with Crippen LogP contribution in [0.15, 0.2) is 0 Å². The van der Waals surface area contributed by atoms with Crippen molar-refractivity contribution < 1.29 is 17.1 Å². The van der Waals surface area contributed by atoms with Crippen LogP contribution in [0.2, 0.25) is 0 Å². The Morgan fingerprint density at radius 1 is 1.00 bits per heavy atom. The van der Waals surface area contributed by atoms with Crippen molar-refractivity contribution in [3.8, 4) is 0 Å². The molecule has 0 nitrogen and oxygen atoms in total. The minimum absolute atomic E-state index is 0. The molecule has 0 heterocycles. The molecule has 6 radical (unpaired) electrons. The third-order valence-corrected chi connectivity index (χ3v) is 0. The molecule has 0 aromatic carbocycles. The van der Waals surface area contributed by atoms with E-state index in [4.69, 9.17) is 0 Å². The molecule has 0 aliphatic carbocycles. The van der Waals surface area contributed by atoms with Gasteiger partial charge in [-0.15, -0.1) is 0 Å². The molecule has 0 aromatic heterocycles. The smallest absolute Gasteiger partial charge is 0 e. The molecule has 1 unspecified atom stereocenters. The summed E-state index contributed by atoms with van der Waals surface area (Å²) in [6.45, 7) is 0. The summed E-state index contributed by atoms with van der Waals surface area (Å²) < 4.78 is 0. The largest absolute Gasteiger partial charge is 0.153 e. The standard InChI is InChI=1S/Ca.Fe.K.Mg.Na.H3P/h;;;;;1H3. The van der Waals surface area contributed by atoms with E-state index in [9.17, 15) is 0 Å². The van der Waals surface area contributed by atoms with Crippen molar-refractivity contribution in [2.75, 3.05) is 0 Å². The average molecular weight is 216 g/mol. The van der Waals surface area contributed by atoms with Crippen LogP contribution in [0.4, 0.5) is 0 Å². The summed E-state index contributed by atoms with van der Waals surface area (Å²) >= 11 is 0. The van der Waals surface area contributed by atoms with E-state index in [1.54, 1.807) is 0 Å². The predicted octanol–water partition coefficient (Wildman–Crippen LogP) is -1.47. The van der Waals surface area contributed by atoms with Gasteiger partial charge in [-0.3, -0.25) is 0 Å². The summed E-state index contributed by atoms with van der Waals surface area (Å²) in [6.07, 6.45) is 0. The molecule has 0 fully saturated rings. The van der Waals surface area contributed by atoms with Gasteiger partial charge in [0.15, 0.2) is 0 Å². The fourth-order valence-electron chi connectivity index (χ4n) is 0. The van der Waals surface area contributed by atoms with E-state index in [0.717, 1.165) is 0 Å². The van der Waals surface area contributed by atoms with E-state index in [-0.39, 0.29) is 169 Å². The molecule has 6 heavy (non-hydrogen) atoms. The van der Waals surface area contributed by atoms with Gasteiger partial charge in [-0.2, -0.15) is 9.90 Å². The fourth-order valence-corrected chi connectivity index (χ4v) is 0. The maximum absolute atomic E-state index is 0. The molecule has 0 bridgehead atoms. The van der Waals surface area contributed by atoms with Crippen LogP contribution in [-0.2, 0) is 17.1 Å². The number of rotatable bonds is 0. The van der Waals surface area contributed by atoms with Crippen LogP contribution in [0.25, 0.3) is 0 Å². The molecular weight excluding hydrogens is 213 g/mol. The fraction of sp³-hybridized carbons (Fsp3) is 0. The van der Waals surface area contributed by atoms with Gasteiger partial charge in [-0.05, 0) is 0 Å². The Balaban J connectivity index is 0. The van der Waals surface area contributed by atoms with Gasteiger partial charge in [0, 0.05) is 159 Å². The zero-order valence-corrected chi connectivity index (χ0v) is 15.7. The SMILES string of the molecule is P.[Ca].[Fe].[K].[Mg].[Na]. The van der Waals surface area contributed by atoms with E-state index in [0.29, 0.717) is 0 Å². The quantitative estimate of drug-likeness (QED) is 0.343. The summed E-state index contributed by atoms with van der Waals surface area (Å²) in [5.41, 5.74) is 0. The van der Waals surface area contributed by atoms with Crippen molar-refractivity contribution in [1.29, 1.82) is 0 Å². The van der Waals surface area contributed by atoms with Crippen LogP contribution in [0.3, 0.4) is 0 Å². The van der Waals surface area contributed by atoms with Gasteiger partial charge in [-0.25, -0.2) is 0 Å². The topological polar surface area (TPSA) is 0 Å². The first-order valence-electron chi connectivity index (χ1n) is 0. The Morgan fingerprint density at radius 2 is 1.00 bits per heavy atom. The van der Waals surface area contributed by atoms with E-state index in [1.165, 1.54) is 0 Å². The molecule has 22 valence electrons. The molecule has 0 aliphatic rings. The molecule has 0 rings (SSSR count). The third kappa shape index (κ3) is 22.6. The second-order valence-corrected chi connectivity index (χ2v) is 0. The van der Waals surface area contributed by atoms with Crippen molar-refractivity contribution in [2.24, 2.45) is 0 Å². The Morgan fingerprint density at radius 3 is 1.00 bits per heavy atom. The molecule has 6 heteroatoms. The summed E-state index contributed by atoms with van der Waals surface area (Å²) in [6, 6.07) is 0. The summed E-state index contributed by atoms with van der Waals surface area (Å²) in [5.74, 6) is 0. The summed E-state index contributed by atoms with van der Waals surface area (Å²) in [4.78, 5) is 0. The molecule has 0 amide bonds. The van der Waals surface area contributed by atoms with Crippen LogP contribution >= 0.6 is 9.90 Å². The third-order valence-electron chi connectivity index (χ3n) is 0. The minimum Gasteiger partial charge on any atom is -0.153 e. The monoisotopic (exact) mass is 216 g/mol. The van der Waals surface area contributed by atoms with Gasteiger partial charge >= 0.3 is 0 Å². The zero-order valence-electron chi connectivity index (χ0n) is 4.47. The first kappa shape index (κ1) is 41.5. The number of hydrogen-bond acceptors (Lipinski definition) is 0. The van der Waals surface area contributed by atoms with Gasteiger partial charge in [0.25, 0.3) is 0 Å². The Hall–Kier alpha value is 5.61. The van der Waals surface area contributed by atoms with Gasteiger partial charge < -0.3 is 0 Å². The van der Waals surface area contributed by atoms with Crippen LogP contribution in [-0.4, -0.2) is 142 Å². The maximum Gasteiger partial charge on any atom is 0 e. The van der Waals surface area contributed by atoms with Crippen molar-refractivity contribution in [3.63, 3.8) is 0 Å². The summed E-state index contributed by atoms with van der Waals surface area (Å²) in [5, 5.41) is 0. The Labute approximate surface area is 163 Å². The summed E-state index contributed by atoms with van der Waals surface area (Å²) in [7, 11) is 0. The van der Waals surface area contributed by atoms with Crippen molar-refractivity contribution >= 4 is 152 Å². The van der Waals surface area contributed by atoms with E-state index in [1.807, 2.05) is 0 Å². The van der Waals surface area contributed by atoms with E-state index >= 15 is 0 Å². The zero-order chi connectivity index (χ0) is 0. The second-order valence-electron chi connectivity index (χ2n) is 0. The molecule has 0 aromatic rings. The maximum atomic E-state index is 0. The average Bonchev–Trinajstić information content (AvgIpc) is 0. The Kier molecular flexibility index (Phi) is 215. The molecule has 0 aliphatic heterocycles. The van der Waals surface area contributed by atoms with E-state index < -0.39 is 0 Å². The molecule has 0 saturated carbocycles. The van der Waals surface area contributed by atoms with Gasteiger partial charge in [0.1, 0.15) is 0 Å². The Bertz CT molecular complexity index is 15.5. The van der Waals surface area contributed by atoms with Crippen LogP contribution < -0.4 is 0 Å². The molecular formula is H3CaFeKMgNaP. The molecule has 0 saturated heterocycles. The predicted molar refractivity (Wildman–Crippen MR) is 34.1 cm³/mol. The molecule has 1 atom stereocenters. The van der Waals surface area contributed by atoms with Crippen molar-refractivity contribution in [1.82, 2.24) is 0 Å². The van der Waals surface area contributed by atoms with Gasteiger partial charge in [0.05, 0.1) is 0 Å². The van der Waals surface area contributed by atoms with Crippen LogP contribution in [0.5, 0.6) is 0 Å². The normalized spacial score (nSPS) is 0. The minimum atomic E-state index is 0. The second kappa shape index (κ2) is 31.1.